The Kier molecular flexibility index (Phi) is 5.72. The van der Waals surface area contributed by atoms with E-state index in [0.717, 1.165) is 10.6 Å². The molecule has 0 radical (unpaired) electrons. The molecule has 0 fully saturated rings. The number of hydrogen-bond donors (Lipinski definition) is 0. The maximum Gasteiger partial charge on any atom is 0.282 e. The second kappa shape index (κ2) is 8.46. The van der Waals surface area contributed by atoms with E-state index in [9.17, 15) is 9.59 Å². The Hall–Kier alpha value is -3.28. The molecule has 0 aromatic heterocycles. The van der Waals surface area contributed by atoms with E-state index in [1.807, 2.05) is 30.3 Å². The van der Waals surface area contributed by atoms with Gasteiger partial charge in [0.2, 0.25) is 0 Å². The number of hydrogen-bond acceptors (Lipinski definition) is 4. The molecule has 3 aromatic rings. The Labute approximate surface area is 190 Å². The third-order valence-electron chi connectivity index (χ3n) is 5.06. The van der Waals surface area contributed by atoms with Gasteiger partial charge in [0, 0.05) is 17.8 Å². The summed E-state index contributed by atoms with van der Waals surface area (Å²) in [4.78, 5) is 29.9. The highest BCUT2D eigenvalue weighted by molar-refractivity contribution is 6.46. The van der Waals surface area contributed by atoms with Crippen molar-refractivity contribution in [2.24, 2.45) is 0 Å². The number of benzene rings is 3. The third kappa shape index (κ3) is 3.78. The van der Waals surface area contributed by atoms with Crippen molar-refractivity contribution in [3.8, 4) is 5.75 Å². The Balaban J connectivity index is 1.86. The number of methoxy groups -OCH3 is 1. The lowest BCUT2D eigenvalue weighted by Crippen LogP contribution is -2.34. The van der Waals surface area contributed by atoms with E-state index in [-0.39, 0.29) is 5.70 Å². The minimum atomic E-state index is -0.442. The molecule has 5 nitrogen and oxygen atoms in total. The number of likely N-dealkylation sites (N-methyl/N-ethyl adjacent to an activating group) is 1. The standard InChI is InChI=1S/C24H18Cl2N2O3/c1-27(17-6-4-3-5-7-17)22-21(15-8-10-16(25)11-9-15)23(29)28(24(22)30)18-12-13-20(31-2)19(26)14-18/h3-14H,1-2H3. The van der Waals surface area contributed by atoms with Crippen LogP contribution in [0.1, 0.15) is 5.56 Å². The van der Waals surface area contributed by atoms with Gasteiger partial charge >= 0.3 is 0 Å². The number of nitrogens with zero attached hydrogens (tertiary/aromatic N) is 2. The van der Waals surface area contributed by atoms with Crippen molar-refractivity contribution in [1.29, 1.82) is 0 Å². The molecule has 0 atom stereocenters. The molecule has 0 bridgehead atoms. The number of carbonyl (C=O) groups is 2. The Morgan fingerprint density at radius 1 is 0.871 bits per heavy atom. The number of ether oxygens (including phenoxy) is 1. The molecule has 0 saturated heterocycles. The van der Waals surface area contributed by atoms with E-state index in [1.165, 1.54) is 7.11 Å². The van der Waals surface area contributed by atoms with Crippen molar-refractivity contribution in [2.75, 3.05) is 24.0 Å². The van der Waals surface area contributed by atoms with Gasteiger partial charge in [-0.25, -0.2) is 4.90 Å². The van der Waals surface area contributed by atoms with E-state index in [1.54, 1.807) is 54.4 Å². The van der Waals surface area contributed by atoms with Gasteiger partial charge in [0.1, 0.15) is 11.4 Å². The van der Waals surface area contributed by atoms with E-state index >= 15 is 0 Å². The van der Waals surface area contributed by atoms with Crippen LogP contribution in [0, 0.1) is 0 Å². The van der Waals surface area contributed by atoms with E-state index in [0.29, 0.717) is 32.6 Å². The van der Waals surface area contributed by atoms with Crippen LogP contribution in [-0.2, 0) is 9.59 Å². The fourth-order valence-corrected chi connectivity index (χ4v) is 3.89. The molecule has 4 rings (SSSR count). The SMILES string of the molecule is COc1ccc(N2C(=O)C(c3ccc(Cl)cc3)=C(N(C)c3ccccc3)C2=O)cc1Cl. The molecule has 0 aliphatic carbocycles. The molecule has 2 amide bonds. The Morgan fingerprint density at radius 2 is 1.55 bits per heavy atom. The zero-order chi connectivity index (χ0) is 22.1. The van der Waals surface area contributed by atoms with E-state index < -0.39 is 11.8 Å². The number of carbonyl (C=O) groups excluding carboxylic acids is 2. The molecule has 156 valence electrons. The second-order valence-corrected chi connectivity index (χ2v) is 7.73. The molecule has 0 saturated carbocycles. The first-order valence-corrected chi connectivity index (χ1v) is 10.2. The zero-order valence-corrected chi connectivity index (χ0v) is 18.3. The molecule has 31 heavy (non-hydrogen) atoms. The Bertz CT molecular complexity index is 1190. The van der Waals surface area contributed by atoms with Gasteiger partial charge in [-0.3, -0.25) is 9.59 Å². The number of rotatable bonds is 5. The fraction of sp³-hybridized carbons (Fsp3) is 0.0833. The lowest BCUT2D eigenvalue weighted by molar-refractivity contribution is -0.120. The van der Waals surface area contributed by atoms with Crippen LogP contribution in [0.15, 0.2) is 78.5 Å². The minimum Gasteiger partial charge on any atom is -0.495 e. The predicted octanol–water partition coefficient (Wildman–Crippen LogP) is 5.42. The summed E-state index contributed by atoms with van der Waals surface area (Å²) in [7, 11) is 3.26. The van der Waals surface area contributed by atoms with Crippen LogP contribution in [-0.4, -0.2) is 26.0 Å². The number of anilines is 2. The van der Waals surface area contributed by atoms with Crippen LogP contribution < -0.4 is 14.5 Å². The monoisotopic (exact) mass is 452 g/mol. The molecule has 0 N–H and O–H groups in total. The maximum atomic E-state index is 13.6. The highest BCUT2D eigenvalue weighted by Crippen LogP contribution is 2.38. The fourth-order valence-electron chi connectivity index (χ4n) is 3.52. The van der Waals surface area contributed by atoms with Crippen LogP contribution in [0.4, 0.5) is 11.4 Å². The predicted molar refractivity (Wildman–Crippen MR) is 124 cm³/mol. The van der Waals surface area contributed by atoms with Crippen molar-refractivity contribution in [3.63, 3.8) is 0 Å². The van der Waals surface area contributed by atoms with Crippen LogP contribution in [0.5, 0.6) is 5.75 Å². The van der Waals surface area contributed by atoms with Gasteiger partial charge in [0.05, 0.1) is 23.4 Å². The van der Waals surface area contributed by atoms with Gasteiger partial charge in [0.15, 0.2) is 0 Å². The molecule has 1 aliphatic rings. The summed E-state index contributed by atoms with van der Waals surface area (Å²) < 4.78 is 5.18. The zero-order valence-electron chi connectivity index (χ0n) is 16.8. The summed E-state index contributed by atoms with van der Waals surface area (Å²) in [6, 6.07) is 21.0. The van der Waals surface area contributed by atoms with Crippen molar-refractivity contribution >= 4 is 52.0 Å². The molecule has 0 unspecified atom stereocenters. The maximum absolute atomic E-state index is 13.6. The van der Waals surface area contributed by atoms with Gasteiger partial charge in [0.25, 0.3) is 11.8 Å². The summed E-state index contributed by atoms with van der Waals surface area (Å²) in [5, 5.41) is 0.844. The van der Waals surface area contributed by atoms with Crippen LogP contribution in [0.3, 0.4) is 0 Å². The first-order chi connectivity index (χ1) is 14.9. The van der Waals surface area contributed by atoms with Crippen molar-refractivity contribution < 1.29 is 14.3 Å². The summed E-state index contributed by atoms with van der Waals surface area (Å²) >= 11 is 12.3. The Morgan fingerprint density at radius 3 is 2.16 bits per heavy atom. The average Bonchev–Trinajstić information content (AvgIpc) is 3.04. The number of halogens is 2. The van der Waals surface area contributed by atoms with Crippen LogP contribution >= 0.6 is 23.2 Å². The quantitative estimate of drug-likeness (QED) is 0.484. The molecule has 0 spiro atoms. The molecular weight excluding hydrogens is 435 g/mol. The summed E-state index contributed by atoms with van der Waals surface area (Å²) in [6.07, 6.45) is 0. The normalized spacial score (nSPS) is 13.7. The number of para-hydroxylation sites is 1. The largest absolute Gasteiger partial charge is 0.495 e. The number of amides is 2. The second-order valence-electron chi connectivity index (χ2n) is 6.89. The van der Waals surface area contributed by atoms with Crippen molar-refractivity contribution in [1.82, 2.24) is 0 Å². The van der Waals surface area contributed by atoms with Gasteiger partial charge in [-0.15, -0.1) is 0 Å². The van der Waals surface area contributed by atoms with Crippen molar-refractivity contribution in [3.05, 3.63) is 94.1 Å². The number of imide groups is 1. The lowest BCUT2D eigenvalue weighted by atomic mass is 10.0. The average molecular weight is 453 g/mol. The highest BCUT2D eigenvalue weighted by Gasteiger charge is 2.42. The van der Waals surface area contributed by atoms with Gasteiger partial charge in [-0.05, 0) is 48.0 Å². The molecule has 1 aliphatic heterocycles. The van der Waals surface area contributed by atoms with Gasteiger partial charge in [-0.2, -0.15) is 0 Å². The van der Waals surface area contributed by atoms with Gasteiger partial charge < -0.3 is 9.64 Å². The van der Waals surface area contributed by atoms with E-state index in [4.69, 9.17) is 27.9 Å². The topological polar surface area (TPSA) is 49.9 Å². The minimum absolute atomic E-state index is 0.269. The van der Waals surface area contributed by atoms with Crippen molar-refractivity contribution in [2.45, 2.75) is 0 Å². The third-order valence-corrected chi connectivity index (χ3v) is 5.61. The first kappa shape index (κ1) is 21.0. The highest BCUT2D eigenvalue weighted by atomic mass is 35.5. The molecule has 1 heterocycles. The van der Waals surface area contributed by atoms with Crippen LogP contribution in [0.2, 0.25) is 10.0 Å². The smallest absolute Gasteiger partial charge is 0.282 e. The molecular formula is C24H18Cl2N2O3. The van der Waals surface area contributed by atoms with E-state index in [2.05, 4.69) is 0 Å². The summed E-state index contributed by atoms with van der Waals surface area (Å²) in [6.45, 7) is 0. The van der Waals surface area contributed by atoms with Gasteiger partial charge in [-0.1, -0.05) is 53.5 Å². The summed E-state index contributed by atoms with van der Waals surface area (Å²) in [5.74, 6) is -0.425. The molecule has 3 aromatic carbocycles. The molecule has 7 heteroatoms. The lowest BCUT2D eigenvalue weighted by Gasteiger charge is -2.21. The summed E-state index contributed by atoms with van der Waals surface area (Å²) in [5.41, 5.74) is 2.30. The van der Waals surface area contributed by atoms with Crippen LogP contribution in [0.25, 0.3) is 5.57 Å². The first-order valence-electron chi connectivity index (χ1n) is 9.43.